The van der Waals surface area contributed by atoms with Crippen LogP contribution in [-0.4, -0.2) is 0 Å². The van der Waals surface area contributed by atoms with Gasteiger partial charge in [0.15, 0.2) is 0 Å². The molecule has 0 heterocycles. The molecule has 2 aliphatic rings. The molecule has 0 saturated heterocycles. The molecule has 1 fully saturated rings. The van der Waals surface area contributed by atoms with E-state index in [2.05, 4.69) is 242 Å². The SMILES string of the molecule is C(=C\c1ccc2cc(-c3cc(-c4ccccc4)c4ccccc4c3-c3ccccc3)ccc2c1)/c1ccc2c(c1)C1(CCCCC1)c1cc(N(c3ccccc3)c3ccccc3)ccc1-2. The number of hydrogen-bond acceptors (Lipinski definition) is 1. The monoisotopic (exact) mass is 831 g/mol. The van der Waals surface area contributed by atoms with Gasteiger partial charge in [-0.1, -0.05) is 201 Å². The first kappa shape index (κ1) is 38.9. The minimum Gasteiger partial charge on any atom is -0.310 e. The number of rotatable bonds is 8. The summed E-state index contributed by atoms with van der Waals surface area (Å²) in [5.74, 6) is 0. The summed E-state index contributed by atoms with van der Waals surface area (Å²) in [6, 6.07) is 82.9. The van der Waals surface area contributed by atoms with Crippen LogP contribution in [0, 0.1) is 0 Å². The molecule has 12 rings (SSSR count). The van der Waals surface area contributed by atoms with Gasteiger partial charge in [0.05, 0.1) is 0 Å². The molecule has 1 heteroatoms. The molecular formula is C64H49N. The number of hydrogen-bond donors (Lipinski definition) is 0. The van der Waals surface area contributed by atoms with Crippen molar-refractivity contribution in [3.8, 4) is 44.5 Å². The van der Waals surface area contributed by atoms with E-state index < -0.39 is 0 Å². The van der Waals surface area contributed by atoms with Crippen LogP contribution in [0.4, 0.5) is 17.1 Å². The van der Waals surface area contributed by atoms with Crippen molar-refractivity contribution in [2.24, 2.45) is 0 Å². The lowest BCUT2D eigenvalue weighted by Crippen LogP contribution is -2.28. The molecule has 0 amide bonds. The maximum Gasteiger partial charge on any atom is 0.0465 e. The van der Waals surface area contributed by atoms with Gasteiger partial charge in [-0.2, -0.15) is 0 Å². The third-order valence-electron chi connectivity index (χ3n) is 14.2. The van der Waals surface area contributed by atoms with Crippen LogP contribution in [0.15, 0.2) is 224 Å². The van der Waals surface area contributed by atoms with Gasteiger partial charge in [-0.3, -0.25) is 0 Å². The Labute approximate surface area is 382 Å². The molecule has 2 aliphatic carbocycles. The first-order chi connectivity index (χ1) is 32.2. The molecule has 65 heavy (non-hydrogen) atoms. The fourth-order valence-electron chi connectivity index (χ4n) is 11.1. The Bertz CT molecular complexity index is 3340. The molecule has 0 aromatic heterocycles. The Balaban J connectivity index is 0.887. The van der Waals surface area contributed by atoms with E-state index in [0.29, 0.717) is 0 Å². The van der Waals surface area contributed by atoms with Crippen molar-refractivity contribution < 1.29 is 0 Å². The number of para-hydroxylation sites is 2. The van der Waals surface area contributed by atoms with Crippen molar-refractivity contribution in [3.05, 3.63) is 247 Å². The molecule has 0 radical (unpaired) electrons. The molecule has 0 unspecified atom stereocenters. The highest BCUT2D eigenvalue weighted by Gasteiger charge is 2.44. The number of anilines is 3. The number of nitrogens with zero attached hydrogens (tertiary/aromatic N) is 1. The summed E-state index contributed by atoms with van der Waals surface area (Å²) in [5.41, 5.74) is 19.3. The van der Waals surface area contributed by atoms with Gasteiger partial charge >= 0.3 is 0 Å². The summed E-state index contributed by atoms with van der Waals surface area (Å²) in [6.07, 6.45) is 10.8. The van der Waals surface area contributed by atoms with Gasteiger partial charge in [0.2, 0.25) is 0 Å². The number of benzene rings is 10. The zero-order valence-corrected chi connectivity index (χ0v) is 36.5. The van der Waals surface area contributed by atoms with Crippen molar-refractivity contribution >= 4 is 50.8 Å². The van der Waals surface area contributed by atoms with Crippen molar-refractivity contribution in [1.82, 2.24) is 0 Å². The largest absolute Gasteiger partial charge is 0.310 e. The summed E-state index contributed by atoms with van der Waals surface area (Å²) in [7, 11) is 0. The Morgan fingerprint density at radius 1 is 0.338 bits per heavy atom. The van der Waals surface area contributed by atoms with Crippen LogP contribution in [0.2, 0.25) is 0 Å². The first-order valence-electron chi connectivity index (χ1n) is 23.3. The van der Waals surface area contributed by atoms with Crippen molar-refractivity contribution in [3.63, 3.8) is 0 Å². The van der Waals surface area contributed by atoms with Gasteiger partial charge in [0, 0.05) is 22.5 Å². The van der Waals surface area contributed by atoms with Crippen LogP contribution in [0.5, 0.6) is 0 Å². The Morgan fingerprint density at radius 3 is 1.57 bits per heavy atom. The minimum atomic E-state index is 0.0236. The fourth-order valence-corrected chi connectivity index (χ4v) is 11.1. The van der Waals surface area contributed by atoms with E-state index in [9.17, 15) is 0 Å². The molecule has 10 aromatic carbocycles. The summed E-state index contributed by atoms with van der Waals surface area (Å²) in [6.45, 7) is 0. The lowest BCUT2D eigenvalue weighted by molar-refractivity contribution is 0.353. The van der Waals surface area contributed by atoms with Crippen molar-refractivity contribution in [2.75, 3.05) is 4.90 Å². The van der Waals surface area contributed by atoms with E-state index in [1.807, 2.05) is 0 Å². The molecule has 0 N–H and O–H groups in total. The first-order valence-corrected chi connectivity index (χ1v) is 23.3. The highest BCUT2D eigenvalue weighted by Crippen LogP contribution is 2.57. The molecule has 0 atom stereocenters. The van der Waals surface area contributed by atoms with E-state index in [1.165, 1.54) is 137 Å². The normalized spacial score (nSPS) is 13.9. The van der Waals surface area contributed by atoms with E-state index in [1.54, 1.807) is 0 Å². The van der Waals surface area contributed by atoms with Gasteiger partial charge in [-0.05, 0) is 156 Å². The van der Waals surface area contributed by atoms with Gasteiger partial charge in [0.1, 0.15) is 0 Å². The van der Waals surface area contributed by atoms with Crippen LogP contribution >= 0.6 is 0 Å². The highest BCUT2D eigenvalue weighted by molar-refractivity contribution is 6.11. The smallest absolute Gasteiger partial charge is 0.0465 e. The Kier molecular flexibility index (Phi) is 9.83. The van der Waals surface area contributed by atoms with Crippen LogP contribution in [0.3, 0.4) is 0 Å². The number of fused-ring (bicyclic) bond motifs is 7. The average Bonchev–Trinajstić information content (AvgIpc) is 3.63. The van der Waals surface area contributed by atoms with Gasteiger partial charge in [-0.25, -0.2) is 0 Å². The summed E-state index contributed by atoms with van der Waals surface area (Å²) in [5, 5.41) is 5.01. The molecule has 1 saturated carbocycles. The lowest BCUT2D eigenvalue weighted by atomic mass is 9.67. The fraction of sp³-hybridized carbons (Fsp3) is 0.0938. The van der Waals surface area contributed by atoms with Crippen molar-refractivity contribution in [1.29, 1.82) is 0 Å². The summed E-state index contributed by atoms with van der Waals surface area (Å²) in [4.78, 5) is 2.41. The third kappa shape index (κ3) is 6.96. The molecular weight excluding hydrogens is 783 g/mol. The van der Waals surface area contributed by atoms with Crippen LogP contribution < -0.4 is 4.90 Å². The topological polar surface area (TPSA) is 3.24 Å². The van der Waals surface area contributed by atoms with E-state index in [0.717, 1.165) is 0 Å². The molecule has 10 aromatic rings. The van der Waals surface area contributed by atoms with Crippen molar-refractivity contribution in [2.45, 2.75) is 37.5 Å². The molecule has 0 aliphatic heterocycles. The van der Waals surface area contributed by atoms with E-state index in [4.69, 9.17) is 0 Å². The maximum atomic E-state index is 2.52. The van der Waals surface area contributed by atoms with Gasteiger partial charge < -0.3 is 4.90 Å². The predicted octanol–water partition coefficient (Wildman–Crippen LogP) is 17.9. The van der Waals surface area contributed by atoms with Gasteiger partial charge in [0.25, 0.3) is 0 Å². The van der Waals surface area contributed by atoms with Crippen LogP contribution in [0.25, 0.3) is 78.2 Å². The minimum absolute atomic E-state index is 0.0236. The lowest BCUT2D eigenvalue weighted by Gasteiger charge is -2.37. The maximum absolute atomic E-state index is 2.52. The third-order valence-corrected chi connectivity index (χ3v) is 14.2. The van der Waals surface area contributed by atoms with Gasteiger partial charge in [-0.15, -0.1) is 0 Å². The van der Waals surface area contributed by atoms with Crippen LogP contribution in [0.1, 0.15) is 54.4 Å². The Hall–Kier alpha value is -7.74. The second-order valence-corrected chi connectivity index (χ2v) is 18.0. The van der Waals surface area contributed by atoms with E-state index >= 15 is 0 Å². The second kappa shape index (κ2) is 16.4. The summed E-state index contributed by atoms with van der Waals surface area (Å²) < 4.78 is 0. The molecule has 1 nitrogen and oxygen atoms in total. The average molecular weight is 832 g/mol. The quantitative estimate of drug-likeness (QED) is 0.138. The van der Waals surface area contributed by atoms with Crippen LogP contribution in [-0.2, 0) is 5.41 Å². The Morgan fingerprint density at radius 2 is 0.877 bits per heavy atom. The summed E-state index contributed by atoms with van der Waals surface area (Å²) >= 11 is 0. The second-order valence-electron chi connectivity index (χ2n) is 18.0. The molecule has 1 spiro atoms. The zero-order chi connectivity index (χ0) is 43.2. The predicted molar refractivity (Wildman–Crippen MR) is 277 cm³/mol. The van der Waals surface area contributed by atoms with E-state index in [-0.39, 0.29) is 5.41 Å². The molecule has 310 valence electrons. The molecule has 0 bridgehead atoms. The standard InChI is InChI=1S/C64H49N/c1-6-18-47(19-7-1)59-44-60(63(48-20-8-2-9-21-48)58-27-15-14-26-55(58)59)51-34-33-49-40-45(30-32-50(49)42-51)28-29-46-31-36-56-57-37-35-54(43-62(57)64(61(56)41-46)38-16-5-17-39-64)65(52-22-10-3-11-23-52)53-24-12-4-13-25-53/h1-4,6-15,18-37,40-44H,5,16-17,38-39H2/b29-28+. The zero-order valence-electron chi connectivity index (χ0n) is 36.5. The highest BCUT2D eigenvalue weighted by atomic mass is 15.1.